The van der Waals surface area contributed by atoms with E-state index in [0.29, 0.717) is 37.6 Å². The van der Waals surface area contributed by atoms with Gasteiger partial charge in [-0.15, -0.1) is 0 Å². The van der Waals surface area contributed by atoms with Crippen LogP contribution in [0.3, 0.4) is 0 Å². The number of benzene rings is 2. The number of hydrogen-bond acceptors (Lipinski definition) is 6. The number of carbonyl (C=O) groups is 1. The van der Waals surface area contributed by atoms with Crippen molar-refractivity contribution in [3.63, 3.8) is 0 Å². The van der Waals surface area contributed by atoms with Crippen molar-refractivity contribution in [1.29, 1.82) is 0 Å². The van der Waals surface area contributed by atoms with E-state index in [1.165, 1.54) is 25.1 Å². The Morgan fingerprint density at radius 1 is 1.26 bits per heavy atom. The lowest BCUT2D eigenvalue weighted by atomic mass is 10.1. The van der Waals surface area contributed by atoms with Crippen LogP contribution in [0.4, 0.5) is 30.2 Å². The van der Waals surface area contributed by atoms with Crippen LogP contribution in [-0.4, -0.2) is 43.7 Å². The highest BCUT2D eigenvalue weighted by Gasteiger charge is 2.32. The fourth-order valence-corrected chi connectivity index (χ4v) is 3.20. The van der Waals surface area contributed by atoms with Crippen LogP contribution in [0, 0.1) is 17.0 Å². The van der Waals surface area contributed by atoms with E-state index in [9.17, 15) is 28.1 Å². The van der Waals surface area contributed by atoms with Crippen LogP contribution in [0.25, 0.3) is 0 Å². The van der Waals surface area contributed by atoms with Crippen molar-refractivity contribution in [2.75, 3.05) is 43.1 Å². The van der Waals surface area contributed by atoms with Gasteiger partial charge in [0.15, 0.2) is 12.4 Å². The predicted molar refractivity (Wildman–Crippen MR) is 106 cm³/mol. The predicted octanol–water partition coefficient (Wildman–Crippen LogP) is 3.78. The van der Waals surface area contributed by atoms with Gasteiger partial charge < -0.3 is 19.7 Å². The largest absolute Gasteiger partial charge is 0.477 e. The van der Waals surface area contributed by atoms with E-state index in [2.05, 4.69) is 5.32 Å². The summed E-state index contributed by atoms with van der Waals surface area (Å²) in [6, 6.07) is 7.53. The number of carbonyl (C=O) groups excluding carboxylic acids is 1. The minimum Gasteiger partial charge on any atom is -0.477 e. The second-order valence-electron chi connectivity index (χ2n) is 6.84. The number of rotatable bonds is 6. The molecule has 1 fully saturated rings. The van der Waals surface area contributed by atoms with Gasteiger partial charge in [-0.25, -0.2) is 0 Å². The monoisotopic (exact) mass is 439 g/mol. The number of nitro groups is 1. The Balaban J connectivity index is 1.80. The number of nitrogens with one attached hydrogen (secondary N) is 1. The van der Waals surface area contributed by atoms with Gasteiger partial charge in [0.1, 0.15) is 0 Å². The van der Waals surface area contributed by atoms with E-state index in [1.54, 1.807) is 6.07 Å². The summed E-state index contributed by atoms with van der Waals surface area (Å²) in [4.78, 5) is 24.8. The minimum atomic E-state index is -4.58. The molecule has 0 saturated carbocycles. The van der Waals surface area contributed by atoms with Gasteiger partial charge in [-0.05, 0) is 31.2 Å². The average molecular weight is 439 g/mol. The van der Waals surface area contributed by atoms with E-state index in [4.69, 9.17) is 9.47 Å². The summed E-state index contributed by atoms with van der Waals surface area (Å²) in [5.41, 5.74) is -0.427. The zero-order valence-corrected chi connectivity index (χ0v) is 16.6. The molecule has 0 aromatic heterocycles. The first kappa shape index (κ1) is 22.3. The molecule has 0 bridgehead atoms. The lowest BCUT2D eigenvalue weighted by Gasteiger charge is -2.31. The maximum Gasteiger partial charge on any atom is 0.416 e. The molecule has 2 aromatic rings. The minimum absolute atomic E-state index is 0.0240. The number of nitro benzene ring substituents is 1. The zero-order valence-electron chi connectivity index (χ0n) is 16.6. The number of anilines is 2. The van der Waals surface area contributed by atoms with Crippen molar-refractivity contribution in [3.8, 4) is 5.75 Å². The first-order valence-electron chi connectivity index (χ1n) is 9.37. The third-order valence-corrected chi connectivity index (χ3v) is 4.69. The van der Waals surface area contributed by atoms with Crippen LogP contribution in [0.2, 0.25) is 0 Å². The highest BCUT2D eigenvalue weighted by Crippen LogP contribution is 2.36. The third-order valence-electron chi connectivity index (χ3n) is 4.69. The van der Waals surface area contributed by atoms with Crippen molar-refractivity contribution in [2.45, 2.75) is 13.1 Å². The summed E-state index contributed by atoms with van der Waals surface area (Å²) >= 11 is 0. The molecule has 2 aromatic carbocycles. The smallest absolute Gasteiger partial charge is 0.416 e. The third kappa shape index (κ3) is 5.43. The van der Waals surface area contributed by atoms with Gasteiger partial charge in [0.25, 0.3) is 5.91 Å². The molecule has 8 nitrogen and oxygen atoms in total. The molecule has 0 radical (unpaired) electrons. The zero-order chi connectivity index (χ0) is 22.6. The van der Waals surface area contributed by atoms with Crippen LogP contribution in [-0.2, 0) is 15.7 Å². The molecular formula is C20H20F3N3O5. The highest BCUT2D eigenvalue weighted by atomic mass is 19.4. The molecule has 1 amide bonds. The number of amides is 1. The van der Waals surface area contributed by atoms with Crippen molar-refractivity contribution < 1.29 is 32.4 Å². The Kier molecular flexibility index (Phi) is 6.64. The van der Waals surface area contributed by atoms with Gasteiger partial charge in [0, 0.05) is 18.7 Å². The summed E-state index contributed by atoms with van der Waals surface area (Å²) in [6.07, 6.45) is -4.58. The lowest BCUT2D eigenvalue weighted by Crippen LogP contribution is -2.37. The molecule has 0 aliphatic carbocycles. The number of halogens is 3. The molecule has 0 atom stereocenters. The van der Waals surface area contributed by atoms with E-state index < -0.39 is 29.2 Å². The molecule has 1 aliphatic heterocycles. The first-order chi connectivity index (χ1) is 14.7. The van der Waals surface area contributed by atoms with Gasteiger partial charge in [-0.1, -0.05) is 12.1 Å². The molecule has 1 N–H and O–H groups in total. The normalized spacial score (nSPS) is 14.3. The maximum absolute atomic E-state index is 13.2. The molecule has 1 heterocycles. The number of para-hydroxylation sites is 1. The van der Waals surface area contributed by atoms with Gasteiger partial charge >= 0.3 is 11.9 Å². The molecule has 1 aliphatic rings. The molecule has 11 heteroatoms. The number of alkyl halides is 3. The number of hydrogen-bond donors (Lipinski definition) is 1. The molecule has 1 saturated heterocycles. The van der Waals surface area contributed by atoms with E-state index in [1.807, 2.05) is 4.90 Å². The summed E-state index contributed by atoms with van der Waals surface area (Å²) in [6.45, 7) is 2.66. The molecule has 0 spiro atoms. The lowest BCUT2D eigenvalue weighted by molar-refractivity contribution is -0.386. The topological polar surface area (TPSA) is 93.9 Å². The van der Waals surface area contributed by atoms with Crippen LogP contribution in [0.5, 0.6) is 5.75 Å². The number of nitrogens with zero attached hydrogens (tertiary/aromatic N) is 2. The summed E-state index contributed by atoms with van der Waals surface area (Å²) in [7, 11) is 0. The van der Waals surface area contributed by atoms with Crippen molar-refractivity contribution in [3.05, 3.63) is 57.6 Å². The Morgan fingerprint density at radius 3 is 2.61 bits per heavy atom. The molecule has 0 unspecified atom stereocenters. The fraction of sp³-hybridized carbons (Fsp3) is 0.350. The SMILES string of the molecule is Cc1cccc(OCC(=O)Nc2cc(C(F)(F)F)ccc2N2CCOCC2)c1[N+](=O)[O-]. The second kappa shape index (κ2) is 9.21. The quantitative estimate of drug-likeness (QED) is 0.544. The summed E-state index contributed by atoms with van der Waals surface area (Å²) < 4.78 is 50.1. The maximum atomic E-state index is 13.2. The van der Waals surface area contributed by atoms with Gasteiger partial charge in [-0.3, -0.25) is 14.9 Å². The number of ether oxygens (including phenoxy) is 2. The Hall–Kier alpha value is -3.34. The molecular weight excluding hydrogens is 419 g/mol. The Labute approximate surface area is 175 Å². The Bertz CT molecular complexity index is 975. The van der Waals surface area contributed by atoms with E-state index >= 15 is 0 Å². The van der Waals surface area contributed by atoms with Crippen LogP contribution in [0.15, 0.2) is 36.4 Å². The van der Waals surface area contributed by atoms with E-state index in [0.717, 1.165) is 12.1 Å². The summed E-state index contributed by atoms with van der Waals surface area (Å²) in [5, 5.41) is 13.7. The van der Waals surface area contributed by atoms with E-state index in [-0.39, 0.29) is 17.1 Å². The van der Waals surface area contributed by atoms with Crippen LogP contribution >= 0.6 is 0 Å². The van der Waals surface area contributed by atoms with Crippen molar-refractivity contribution in [1.82, 2.24) is 0 Å². The Morgan fingerprint density at radius 2 is 1.97 bits per heavy atom. The van der Waals surface area contributed by atoms with Crippen molar-refractivity contribution >= 4 is 23.0 Å². The summed E-state index contributed by atoms with van der Waals surface area (Å²) in [5.74, 6) is -0.845. The van der Waals surface area contributed by atoms with Gasteiger partial charge in [-0.2, -0.15) is 13.2 Å². The van der Waals surface area contributed by atoms with Crippen LogP contribution in [0.1, 0.15) is 11.1 Å². The second-order valence-corrected chi connectivity index (χ2v) is 6.84. The molecule has 166 valence electrons. The van der Waals surface area contributed by atoms with Gasteiger partial charge in [0.2, 0.25) is 0 Å². The van der Waals surface area contributed by atoms with Gasteiger partial charge in [0.05, 0.1) is 35.1 Å². The average Bonchev–Trinajstić information content (AvgIpc) is 2.72. The molecule has 31 heavy (non-hydrogen) atoms. The fourth-order valence-electron chi connectivity index (χ4n) is 3.20. The number of aryl methyl sites for hydroxylation is 1. The highest BCUT2D eigenvalue weighted by molar-refractivity contribution is 5.95. The molecule has 3 rings (SSSR count). The standard InChI is InChI=1S/C20H20F3N3O5/c1-13-3-2-4-17(19(13)26(28)29)31-12-18(27)24-15-11-14(20(21,22)23)5-6-16(15)25-7-9-30-10-8-25/h2-6,11H,7-10,12H2,1H3,(H,24,27). The van der Waals surface area contributed by atoms with Crippen molar-refractivity contribution in [2.24, 2.45) is 0 Å². The van der Waals surface area contributed by atoms with Crippen LogP contribution < -0.4 is 15.0 Å². The first-order valence-corrected chi connectivity index (χ1v) is 9.37. The number of morpholine rings is 1.